The Morgan fingerprint density at radius 3 is 2.76 bits per heavy atom. The molecule has 2 N–H and O–H groups in total. The van der Waals surface area contributed by atoms with Crippen molar-refractivity contribution < 1.29 is 17.9 Å². The molecule has 2 heterocycles. The zero-order chi connectivity index (χ0) is 18.0. The van der Waals surface area contributed by atoms with E-state index in [1.165, 1.54) is 0 Å². The van der Waals surface area contributed by atoms with Crippen molar-refractivity contribution in [2.45, 2.75) is 50.0 Å². The van der Waals surface area contributed by atoms with Crippen molar-refractivity contribution in [2.24, 2.45) is 5.73 Å². The molecule has 2 aromatic rings. The summed E-state index contributed by atoms with van der Waals surface area (Å²) in [6.45, 7) is -1.18. The van der Waals surface area contributed by atoms with Crippen molar-refractivity contribution in [1.82, 2.24) is 19.7 Å². The van der Waals surface area contributed by atoms with E-state index in [4.69, 9.17) is 10.5 Å². The molecule has 1 aliphatic carbocycles. The molecule has 0 aliphatic heterocycles. The summed E-state index contributed by atoms with van der Waals surface area (Å²) in [6, 6.07) is 5.03. The number of aromatic nitrogens is 4. The van der Waals surface area contributed by atoms with Crippen molar-refractivity contribution in [2.75, 3.05) is 7.11 Å². The Morgan fingerprint density at radius 1 is 1.32 bits per heavy atom. The highest BCUT2D eigenvalue weighted by atomic mass is 19.4. The summed E-state index contributed by atoms with van der Waals surface area (Å²) >= 11 is 0. The summed E-state index contributed by atoms with van der Waals surface area (Å²) in [5.41, 5.74) is 6.45. The van der Waals surface area contributed by atoms with Crippen LogP contribution in [-0.2, 0) is 11.3 Å². The summed E-state index contributed by atoms with van der Waals surface area (Å²) < 4.78 is 45.2. The second-order valence-electron chi connectivity index (χ2n) is 6.23. The van der Waals surface area contributed by atoms with Crippen LogP contribution in [0.3, 0.4) is 0 Å². The molecule has 0 aromatic carbocycles. The molecule has 0 spiro atoms. The van der Waals surface area contributed by atoms with Crippen LogP contribution in [0.15, 0.2) is 24.4 Å². The minimum atomic E-state index is -4.38. The first-order valence-electron chi connectivity index (χ1n) is 8.08. The van der Waals surface area contributed by atoms with Crippen LogP contribution in [0.25, 0.3) is 11.5 Å². The van der Waals surface area contributed by atoms with Gasteiger partial charge in [0.25, 0.3) is 0 Å². The van der Waals surface area contributed by atoms with Crippen molar-refractivity contribution in [3.05, 3.63) is 30.2 Å². The van der Waals surface area contributed by atoms with Crippen molar-refractivity contribution >= 4 is 0 Å². The van der Waals surface area contributed by atoms with Gasteiger partial charge < -0.3 is 10.5 Å². The molecule has 0 unspecified atom stereocenters. The van der Waals surface area contributed by atoms with Gasteiger partial charge in [0, 0.05) is 25.3 Å². The van der Waals surface area contributed by atoms with Gasteiger partial charge in [0.2, 0.25) is 0 Å². The van der Waals surface area contributed by atoms with E-state index in [1.54, 1.807) is 31.5 Å². The fourth-order valence-corrected chi connectivity index (χ4v) is 3.20. The molecule has 0 saturated heterocycles. The molecule has 9 heteroatoms. The molecular formula is C16H20F3N5O. The average molecular weight is 355 g/mol. The Hall–Kier alpha value is -2.00. The third-order valence-corrected chi connectivity index (χ3v) is 4.43. The fraction of sp³-hybridized carbons (Fsp3) is 0.562. The van der Waals surface area contributed by atoms with Gasteiger partial charge in [-0.2, -0.15) is 13.2 Å². The number of hydrogen-bond donors (Lipinski definition) is 1. The molecule has 2 aromatic heterocycles. The molecule has 1 saturated carbocycles. The topological polar surface area (TPSA) is 78.9 Å². The Bertz CT molecular complexity index is 704. The van der Waals surface area contributed by atoms with Crippen LogP contribution in [-0.4, -0.2) is 45.2 Å². The Balaban J connectivity index is 1.94. The highest BCUT2D eigenvalue weighted by Gasteiger charge is 2.35. The third-order valence-electron chi connectivity index (χ3n) is 4.43. The van der Waals surface area contributed by atoms with Gasteiger partial charge in [-0.1, -0.05) is 6.07 Å². The van der Waals surface area contributed by atoms with E-state index in [0.717, 1.165) is 4.68 Å². The Kier molecular flexibility index (Phi) is 5.05. The maximum atomic E-state index is 13.0. The fourth-order valence-electron chi connectivity index (χ4n) is 3.20. The van der Waals surface area contributed by atoms with E-state index in [-0.39, 0.29) is 23.9 Å². The van der Waals surface area contributed by atoms with E-state index < -0.39 is 12.7 Å². The van der Waals surface area contributed by atoms with Gasteiger partial charge in [-0.15, -0.1) is 5.10 Å². The minimum absolute atomic E-state index is 0.115. The first-order chi connectivity index (χ1) is 11.9. The molecule has 1 aliphatic rings. The van der Waals surface area contributed by atoms with Gasteiger partial charge in [0.15, 0.2) is 5.82 Å². The molecule has 6 nitrogen and oxygen atoms in total. The first kappa shape index (κ1) is 17.8. The Labute approximate surface area is 143 Å². The molecule has 0 radical (unpaired) electrons. The van der Waals surface area contributed by atoms with Gasteiger partial charge in [-0.05, 0) is 31.4 Å². The second-order valence-corrected chi connectivity index (χ2v) is 6.23. The number of methoxy groups -OCH3 is 1. The number of alkyl halides is 3. The number of rotatable bonds is 4. The molecule has 0 bridgehead atoms. The summed E-state index contributed by atoms with van der Waals surface area (Å²) in [7, 11) is 1.56. The molecule has 3 atom stereocenters. The lowest BCUT2D eigenvalue weighted by Crippen LogP contribution is -2.41. The predicted molar refractivity (Wildman–Crippen MR) is 84.7 cm³/mol. The van der Waals surface area contributed by atoms with Crippen LogP contribution in [0, 0.1) is 0 Å². The zero-order valence-corrected chi connectivity index (χ0v) is 13.8. The standard InChI is InChI=1S/C16H20F3N5O/c1-25-13-8-10(5-6-11(13)20)15-22-14(12-4-2-3-7-21-12)23-24(15)9-16(17,18)19/h2-4,7,10-11,13H,5-6,8-9,20H2,1H3/t10-,11+,13+/m0/s1. The number of nitrogens with two attached hydrogens (primary N) is 1. The van der Waals surface area contributed by atoms with Crippen molar-refractivity contribution in [1.29, 1.82) is 0 Å². The van der Waals surface area contributed by atoms with Crippen LogP contribution in [0.4, 0.5) is 13.2 Å². The SMILES string of the molecule is CO[C@@H]1C[C@@H](c2nc(-c3ccccn3)nn2CC(F)(F)F)CC[C@H]1N. The van der Waals surface area contributed by atoms with E-state index >= 15 is 0 Å². The van der Waals surface area contributed by atoms with Crippen LogP contribution < -0.4 is 5.73 Å². The maximum Gasteiger partial charge on any atom is 0.408 e. The van der Waals surface area contributed by atoms with Gasteiger partial charge in [0.05, 0.1) is 6.10 Å². The third kappa shape index (κ3) is 4.16. The van der Waals surface area contributed by atoms with Crippen LogP contribution in [0.1, 0.15) is 31.0 Å². The number of pyridine rings is 1. The molecule has 1 fully saturated rings. The van der Waals surface area contributed by atoms with Gasteiger partial charge >= 0.3 is 6.18 Å². The van der Waals surface area contributed by atoms with Gasteiger partial charge in [0.1, 0.15) is 18.1 Å². The maximum absolute atomic E-state index is 13.0. The van der Waals surface area contributed by atoms with Crippen LogP contribution >= 0.6 is 0 Å². The first-order valence-corrected chi connectivity index (χ1v) is 8.08. The van der Waals surface area contributed by atoms with Gasteiger partial charge in [-0.25, -0.2) is 9.67 Å². The Morgan fingerprint density at radius 2 is 2.12 bits per heavy atom. The predicted octanol–water partition coefficient (Wildman–Crippen LogP) is 2.51. The lowest BCUT2D eigenvalue weighted by molar-refractivity contribution is -0.143. The summed E-state index contributed by atoms with van der Waals surface area (Å²) in [4.78, 5) is 8.50. The molecular weight excluding hydrogens is 335 g/mol. The largest absolute Gasteiger partial charge is 0.408 e. The lowest BCUT2D eigenvalue weighted by atomic mass is 9.83. The van der Waals surface area contributed by atoms with Crippen LogP contribution in [0.5, 0.6) is 0 Å². The van der Waals surface area contributed by atoms with E-state index in [9.17, 15) is 13.2 Å². The van der Waals surface area contributed by atoms with Crippen molar-refractivity contribution in [3.8, 4) is 11.5 Å². The average Bonchev–Trinajstić information content (AvgIpc) is 2.98. The normalized spacial score (nSPS) is 24.4. The van der Waals surface area contributed by atoms with E-state index in [0.29, 0.717) is 30.8 Å². The minimum Gasteiger partial charge on any atom is -0.380 e. The number of ether oxygens (including phenoxy) is 1. The molecule has 136 valence electrons. The molecule has 25 heavy (non-hydrogen) atoms. The summed E-state index contributed by atoms with van der Waals surface area (Å²) in [5.74, 6) is 0.327. The number of hydrogen-bond acceptors (Lipinski definition) is 5. The lowest BCUT2D eigenvalue weighted by Gasteiger charge is -2.32. The summed E-state index contributed by atoms with van der Waals surface area (Å²) in [6.07, 6.45) is -1.18. The van der Waals surface area contributed by atoms with E-state index in [1.807, 2.05) is 0 Å². The molecule has 3 rings (SSSR count). The smallest absolute Gasteiger partial charge is 0.380 e. The highest BCUT2D eigenvalue weighted by molar-refractivity contribution is 5.47. The zero-order valence-electron chi connectivity index (χ0n) is 13.8. The summed E-state index contributed by atoms with van der Waals surface area (Å²) in [5, 5.41) is 4.06. The number of halogens is 3. The molecule has 0 amide bonds. The van der Waals surface area contributed by atoms with E-state index in [2.05, 4.69) is 15.1 Å². The monoisotopic (exact) mass is 355 g/mol. The second kappa shape index (κ2) is 7.09. The van der Waals surface area contributed by atoms with Gasteiger partial charge in [-0.3, -0.25) is 4.98 Å². The highest BCUT2D eigenvalue weighted by Crippen LogP contribution is 2.34. The quantitative estimate of drug-likeness (QED) is 0.912. The number of nitrogens with zero attached hydrogens (tertiary/aromatic N) is 4. The van der Waals surface area contributed by atoms with Crippen molar-refractivity contribution in [3.63, 3.8) is 0 Å². The van der Waals surface area contributed by atoms with Crippen LogP contribution in [0.2, 0.25) is 0 Å².